The molecule has 1 fully saturated rings. The molecule has 0 radical (unpaired) electrons. The number of anilines is 1. The molecule has 148 valence electrons. The van der Waals surface area contributed by atoms with E-state index in [1.165, 1.54) is 5.56 Å². The average molecular weight is 390 g/mol. The van der Waals surface area contributed by atoms with Crippen molar-refractivity contribution in [1.29, 1.82) is 0 Å². The summed E-state index contributed by atoms with van der Waals surface area (Å²) in [4.78, 5) is 42.8. The lowest BCUT2D eigenvalue weighted by molar-refractivity contribution is -0.136. The molecule has 3 aliphatic heterocycles. The zero-order valence-corrected chi connectivity index (χ0v) is 16.0. The van der Waals surface area contributed by atoms with Gasteiger partial charge in [-0.05, 0) is 55.0 Å². The third-order valence-corrected chi connectivity index (χ3v) is 5.96. The fourth-order valence-corrected chi connectivity index (χ4v) is 4.38. The molecule has 2 N–H and O–H groups in total. The van der Waals surface area contributed by atoms with Gasteiger partial charge in [-0.25, -0.2) is 4.98 Å². The van der Waals surface area contributed by atoms with Crippen LogP contribution in [0.15, 0.2) is 30.3 Å². The fraction of sp³-hybridized carbons (Fsp3) is 0.364. The van der Waals surface area contributed by atoms with Gasteiger partial charge in [0.05, 0.1) is 5.69 Å². The summed E-state index contributed by atoms with van der Waals surface area (Å²) in [5.74, 6) is 0.126. The Balaban J connectivity index is 1.42. The molecule has 4 heterocycles. The quantitative estimate of drug-likeness (QED) is 0.768. The third kappa shape index (κ3) is 3.16. The first kappa shape index (κ1) is 17.8. The van der Waals surface area contributed by atoms with E-state index in [2.05, 4.69) is 16.7 Å². The SMILES string of the molecule is O=C1CCC(N2Cc3cc(-c4ccc5c(n4)NCCCC5)ccc3C2=O)C(=O)N1. The van der Waals surface area contributed by atoms with Crippen LogP contribution in [-0.4, -0.2) is 40.2 Å². The summed E-state index contributed by atoms with van der Waals surface area (Å²) < 4.78 is 0. The van der Waals surface area contributed by atoms with Crippen LogP contribution in [0.2, 0.25) is 0 Å². The van der Waals surface area contributed by atoms with Crippen molar-refractivity contribution in [2.75, 3.05) is 11.9 Å². The van der Waals surface area contributed by atoms with Crippen molar-refractivity contribution < 1.29 is 14.4 Å². The Hall–Kier alpha value is -3.22. The van der Waals surface area contributed by atoms with E-state index in [0.717, 1.165) is 48.4 Å². The Morgan fingerprint density at radius 3 is 2.76 bits per heavy atom. The molecule has 1 aromatic heterocycles. The molecule has 1 saturated heterocycles. The summed E-state index contributed by atoms with van der Waals surface area (Å²) >= 11 is 0. The van der Waals surface area contributed by atoms with Gasteiger partial charge in [-0.1, -0.05) is 12.1 Å². The summed E-state index contributed by atoms with van der Waals surface area (Å²) in [7, 11) is 0. The first-order valence-corrected chi connectivity index (χ1v) is 10.1. The van der Waals surface area contributed by atoms with Crippen LogP contribution >= 0.6 is 0 Å². The molecule has 0 saturated carbocycles. The van der Waals surface area contributed by atoms with Gasteiger partial charge in [-0.3, -0.25) is 19.7 Å². The molecule has 0 aliphatic carbocycles. The van der Waals surface area contributed by atoms with E-state index in [9.17, 15) is 14.4 Å². The van der Waals surface area contributed by atoms with Gasteiger partial charge in [-0.15, -0.1) is 0 Å². The Morgan fingerprint density at radius 1 is 1.00 bits per heavy atom. The molecule has 0 bridgehead atoms. The number of fused-ring (bicyclic) bond motifs is 2. The van der Waals surface area contributed by atoms with Crippen LogP contribution in [0.1, 0.15) is 47.2 Å². The molecule has 1 aromatic carbocycles. The molecule has 3 amide bonds. The van der Waals surface area contributed by atoms with Gasteiger partial charge < -0.3 is 10.2 Å². The third-order valence-electron chi connectivity index (χ3n) is 5.96. The molecule has 7 nitrogen and oxygen atoms in total. The average Bonchev–Trinajstić information content (AvgIpc) is 2.89. The standard InChI is InChI=1S/C22H22N4O3/c27-19-9-8-18(21(28)25-19)26-12-15-11-14(4-6-16(15)22(26)29)17-7-5-13-3-1-2-10-23-20(13)24-17/h4-7,11,18H,1-3,8-10,12H2,(H,23,24)(H,25,27,28). The number of pyridine rings is 1. The maximum absolute atomic E-state index is 12.8. The fourth-order valence-electron chi connectivity index (χ4n) is 4.38. The number of carbonyl (C=O) groups is 3. The summed E-state index contributed by atoms with van der Waals surface area (Å²) in [5, 5.41) is 5.74. The van der Waals surface area contributed by atoms with Crippen LogP contribution in [0.5, 0.6) is 0 Å². The molecule has 2 aromatic rings. The van der Waals surface area contributed by atoms with Crippen LogP contribution in [0.25, 0.3) is 11.3 Å². The number of nitrogens with zero attached hydrogens (tertiary/aromatic N) is 2. The molecule has 3 aliphatic rings. The normalized spacial score (nSPS) is 21.2. The van der Waals surface area contributed by atoms with Crippen molar-refractivity contribution in [2.45, 2.75) is 44.7 Å². The highest BCUT2D eigenvalue weighted by Gasteiger charge is 2.39. The Labute approximate surface area is 168 Å². The van der Waals surface area contributed by atoms with Gasteiger partial charge >= 0.3 is 0 Å². The monoisotopic (exact) mass is 390 g/mol. The number of piperidine rings is 1. The highest BCUT2D eigenvalue weighted by Crippen LogP contribution is 2.32. The largest absolute Gasteiger partial charge is 0.370 e. The van der Waals surface area contributed by atoms with Crippen LogP contribution in [0, 0.1) is 0 Å². The lowest BCUT2D eigenvalue weighted by Gasteiger charge is -2.29. The summed E-state index contributed by atoms with van der Waals surface area (Å²) in [6.07, 6.45) is 3.97. The smallest absolute Gasteiger partial charge is 0.255 e. The molecule has 1 atom stereocenters. The zero-order valence-electron chi connectivity index (χ0n) is 16.0. The molecule has 7 heteroatoms. The first-order chi connectivity index (χ1) is 14.1. The molecule has 29 heavy (non-hydrogen) atoms. The molecule has 0 spiro atoms. The van der Waals surface area contributed by atoms with Gasteiger partial charge in [0.25, 0.3) is 5.91 Å². The van der Waals surface area contributed by atoms with E-state index < -0.39 is 6.04 Å². The van der Waals surface area contributed by atoms with Gasteiger partial charge in [-0.2, -0.15) is 0 Å². The van der Waals surface area contributed by atoms with Crippen LogP contribution in [0.4, 0.5) is 5.82 Å². The molecular weight excluding hydrogens is 368 g/mol. The summed E-state index contributed by atoms with van der Waals surface area (Å²) in [5.41, 5.74) is 4.57. The lowest BCUT2D eigenvalue weighted by Crippen LogP contribution is -2.52. The van der Waals surface area contributed by atoms with E-state index in [1.54, 1.807) is 4.90 Å². The number of imide groups is 1. The van der Waals surface area contributed by atoms with E-state index in [0.29, 0.717) is 18.5 Å². The van der Waals surface area contributed by atoms with E-state index >= 15 is 0 Å². The van der Waals surface area contributed by atoms with Crippen molar-refractivity contribution in [1.82, 2.24) is 15.2 Å². The van der Waals surface area contributed by atoms with Crippen molar-refractivity contribution in [3.63, 3.8) is 0 Å². The molecule has 1 unspecified atom stereocenters. The number of carbonyl (C=O) groups excluding carboxylic acids is 3. The minimum Gasteiger partial charge on any atom is -0.370 e. The molecular formula is C22H22N4O3. The van der Waals surface area contributed by atoms with Gasteiger partial charge in [0, 0.05) is 30.6 Å². The summed E-state index contributed by atoms with van der Waals surface area (Å²) in [6.45, 7) is 1.31. The number of aromatic nitrogens is 1. The van der Waals surface area contributed by atoms with Gasteiger partial charge in [0.1, 0.15) is 11.9 Å². The second-order valence-corrected chi connectivity index (χ2v) is 7.86. The van der Waals surface area contributed by atoms with Crippen molar-refractivity contribution >= 4 is 23.5 Å². The van der Waals surface area contributed by atoms with E-state index in [1.807, 2.05) is 24.3 Å². The predicted octanol–water partition coefficient (Wildman–Crippen LogP) is 2.26. The number of hydrogen-bond acceptors (Lipinski definition) is 5. The summed E-state index contributed by atoms with van der Waals surface area (Å²) in [6, 6.07) is 9.29. The minimum atomic E-state index is -0.592. The number of amides is 3. The highest BCUT2D eigenvalue weighted by molar-refractivity contribution is 6.05. The Bertz CT molecular complexity index is 1030. The topological polar surface area (TPSA) is 91.4 Å². The predicted molar refractivity (Wildman–Crippen MR) is 107 cm³/mol. The number of hydrogen-bond donors (Lipinski definition) is 2. The number of nitrogens with one attached hydrogen (secondary N) is 2. The maximum atomic E-state index is 12.8. The van der Waals surface area contributed by atoms with Gasteiger partial charge in [0.15, 0.2) is 0 Å². The van der Waals surface area contributed by atoms with Crippen molar-refractivity contribution in [2.24, 2.45) is 0 Å². The maximum Gasteiger partial charge on any atom is 0.255 e. The van der Waals surface area contributed by atoms with E-state index in [-0.39, 0.29) is 24.1 Å². The van der Waals surface area contributed by atoms with Crippen LogP contribution in [0.3, 0.4) is 0 Å². The van der Waals surface area contributed by atoms with Gasteiger partial charge in [0.2, 0.25) is 11.8 Å². The first-order valence-electron chi connectivity index (χ1n) is 10.1. The van der Waals surface area contributed by atoms with Crippen LogP contribution in [-0.2, 0) is 22.6 Å². The lowest BCUT2D eigenvalue weighted by atomic mass is 10.0. The Morgan fingerprint density at radius 2 is 1.90 bits per heavy atom. The second-order valence-electron chi connectivity index (χ2n) is 7.86. The Kier molecular flexibility index (Phi) is 4.30. The molecule has 5 rings (SSSR count). The van der Waals surface area contributed by atoms with Crippen molar-refractivity contribution in [3.05, 3.63) is 47.0 Å². The minimum absolute atomic E-state index is 0.155. The number of rotatable bonds is 2. The van der Waals surface area contributed by atoms with E-state index in [4.69, 9.17) is 4.98 Å². The number of aryl methyl sites for hydroxylation is 1. The van der Waals surface area contributed by atoms with Crippen molar-refractivity contribution in [3.8, 4) is 11.3 Å². The number of benzene rings is 1. The second kappa shape index (κ2) is 6.99. The highest BCUT2D eigenvalue weighted by atomic mass is 16.2. The van der Waals surface area contributed by atoms with Crippen LogP contribution < -0.4 is 10.6 Å². The zero-order chi connectivity index (χ0) is 20.0.